The van der Waals surface area contributed by atoms with Crippen LogP contribution in [0, 0.1) is 5.82 Å². The van der Waals surface area contributed by atoms with Crippen molar-refractivity contribution in [2.75, 3.05) is 13.2 Å². The van der Waals surface area contributed by atoms with Gasteiger partial charge in [0.1, 0.15) is 0 Å². The molecule has 146 valence electrons. The molecule has 1 heterocycles. The molecule has 0 spiro atoms. The first kappa shape index (κ1) is 19.8. The minimum atomic E-state index is -0.697. The summed E-state index contributed by atoms with van der Waals surface area (Å²) in [5.74, 6) is -0.663. The highest BCUT2D eigenvalue weighted by Gasteiger charge is 2.23. The highest BCUT2D eigenvalue weighted by molar-refractivity contribution is 6.17. The van der Waals surface area contributed by atoms with Crippen LogP contribution in [0.15, 0.2) is 42.6 Å². The van der Waals surface area contributed by atoms with Gasteiger partial charge in [0.25, 0.3) is 0 Å². The zero-order valence-corrected chi connectivity index (χ0v) is 16.2. The summed E-state index contributed by atoms with van der Waals surface area (Å²) in [6.45, 7) is 6.08. The SMILES string of the molecule is CCOc1c(C(C)N)ccc(C(=O)c2cccc3c(OCC)nccc23)c1F. The Labute approximate surface area is 163 Å². The molecule has 0 radical (unpaired) electrons. The third kappa shape index (κ3) is 3.55. The molecule has 1 atom stereocenters. The van der Waals surface area contributed by atoms with Crippen LogP contribution in [0.4, 0.5) is 4.39 Å². The van der Waals surface area contributed by atoms with Crippen LogP contribution in [0.2, 0.25) is 0 Å². The lowest BCUT2D eigenvalue weighted by Gasteiger charge is -2.16. The van der Waals surface area contributed by atoms with E-state index in [1.807, 2.05) is 13.0 Å². The van der Waals surface area contributed by atoms with Gasteiger partial charge in [-0.2, -0.15) is 0 Å². The summed E-state index contributed by atoms with van der Waals surface area (Å²) < 4.78 is 26.2. The molecule has 1 aromatic heterocycles. The number of ether oxygens (including phenoxy) is 2. The standard InChI is InChI=1S/C22H23FN2O3/c1-4-27-21-14(13(3)24)9-10-18(19(21)23)20(26)16-7-6-8-17-15(16)11-12-25-22(17)28-5-2/h6-13H,4-5,24H2,1-3H3. The second kappa shape index (κ2) is 8.35. The summed E-state index contributed by atoms with van der Waals surface area (Å²) in [6, 6.07) is 9.63. The Morgan fingerprint density at radius 2 is 1.82 bits per heavy atom. The van der Waals surface area contributed by atoms with Gasteiger partial charge in [0.05, 0.1) is 18.8 Å². The minimum Gasteiger partial charge on any atom is -0.490 e. The van der Waals surface area contributed by atoms with Crippen LogP contribution in [-0.4, -0.2) is 24.0 Å². The number of halogens is 1. The third-order valence-electron chi connectivity index (χ3n) is 4.45. The largest absolute Gasteiger partial charge is 0.490 e. The number of hydrogen-bond donors (Lipinski definition) is 1. The molecule has 0 saturated heterocycles. The third-order valence-corrected chi connectivity index (χ3v) is 4.45. The second-order valence-electron chi connectivity index (χ2n) is 6.35. The first-order valence-electron chi connectivity index (χ1n) is 9.25. The molecule has 0 aliphatic carbocycles. The second-order valence-corrected chi connectivity index (χ2v) is 6.35. The number of carbonyl (C=O) groups excluding carboxylic acids is 1. The number of ketones is 1. The van der Waals surface area contributed by atoms with Crippen LogP contribution in [0.5, 0.6) is 11.6 Å². The summed E-state index contributed by atoms with van der Waals surface area (Å²) in [6.07, 6.45) is 1.57. The molecule has 1 unspecified atom stereocenters. The highest BCUT2D eigenvalue weighted by atomic mass is 19.1. The Morgan fingerprint density at radius 3 is 2.50 bits per heavy atom. The van der Waals surface area contributed by atoms with Gasteiger partial charge >= 0.3 is 0 Å². The molecular formula is C22H23FN2O3. The first-order valence-corrected chi connectivity index (χ1v) is 9.25. The lowest BCUT2D eigenvalue weighted by atomic mass is 9.95. The molecule has 2 N–H and O–H groups in total. The molecular weight excluding hydrogens is 359 g/mol. The Kier molecular flexibility index (Phi) is 5.90. The number of nitrogens with two attached hydrogens (primary N) is 1. The Balaban J connectivity index is 2.15. The van der Waals surface area contributed by atoms with E-state index in [1.54, 1.807) is 44.3 Å². The quantitative estimate of drug-likeness (QED) is 0.612. The highest BCUT2D eigenvalue weighted by Crippen LogP contribution is 2.33. The topological polar surface area (TPSA) is 74.4 Å². The maximum Gasteiger partial charge on any atom is 0.221 e. The lowest BCUT2D eigenvalue weighted by molar-refractivity contribution is 0.103. The molecule has 0 aliphatic rings. The number of pyridine rings is 1. The van der Waals surface area contributed by atoms with Crippen LogP contribution in [-0.2, 0) is 0 Å². The van der Waals surface area contributed by atoms with Crippen molar-refractivity contribution in [3.05, 3.63) is 65.1 Å². The van der Waals surface area contributed by atoms with Crippen molar-refractivity contribution in [2.45, 2.75) is 26.8 Å². The number of aromatic nitrogens is 1. The monoisotopic (exact) mass is 382 g/mol. The van der Waals surface area contributed by atoms with E-state index in [-0.39, 0.29) is 17.9 Å². The minimum absolute atomic E-state index is 0.0280. The van der Waals surface area contributed by atoms with Crippen LogP contribution >= 0.6 is 0 Å². The zero-order chi connectivity index (χ0) is 20.3. The van der Waals surface area contributed by atoms with E-state index in [1.165, 1.54) is 6.07 Å². The average molecular weight is 382 g/mol. The van der Waals surface area contributed by atoms with E-state index in [2.05, 4.69) is 4.98 Å². The fourth-order valence-corrected chi connectivity index (χ4v) is 3.17. The smallest absolute Gasteiger partial charge is 0.221 e. The number of carbonyl (C=O) groups is 1. The predicted octanol–water partition coefficient (Wildman–Crippen LogP) is 4.42. The van der Waals surface area contributed by atoms with Crippen molar-refractivity contribution in [1.82, 2.24) is 4.98 Å². The predicted molar refractivity (Wildman–Crippen MR) is 107 cm³/mol. The Morgan fingerprint density at radius 1 is 1.07 bits per heavy atom. The van der Waals surface area contributed by atoms with Gasteiger partial charge in [0, 0.05) is 28.8 Å². The van der Waals surface area contributed by atoms with E-state index in [0.717, 1.165) is 0 Å². The normalized spacial score (nSPS) is 12.0. The molecule has 0 amide bonds. The van der Waals surface area contributed by atoms with Crippen LogP contribution in [0.1, 0.15) is 48.3 Å². The van der Waals surface area contributed by atoms with E-state index >= 15 is 4.39 Å². The van der Waals surface area contributed by atoms with Crippen molar-refractivity contribution < 1.29 is 18.7 Å². The van der Waals surface area contributed by atoms with Gasteiger partial charge in [-0.15, -0.1) is 0 Å². The Hall–Kier alpha value is -2.99. The van der Waals surface area contributed by atoms with Gasteiger partial charge in [-0.25, -0.2) is 9.37 Å². The maximum absolute atomic E-state index is 15.2. The molecule has 2 aromatic carbocycles. The molecule has 0 aliphatic heterocycles. The number of fused-ring (bicyclic) bond motifs is 1. The summed E-state index contributed by atoms with van der Waals surface area (Å²) in [7, 11) is 0. The van der Waals surface area contributed by atoms with Crippen molar-refractivity contribution in [3.63, 3.8) is 0 Å². The maximum atomic E-state index is 15.2. The average Bonchev–Trinajstić information content (AvgIpc) is 2.69. The zero-order valence-electron chi connectivity index (χ0n) is 16.2. The van der Waals surface area contributed by atoms with Crippen molar-refractivity contribution in [3.8, 4) is 11.6 Å². The van der Waals surface area contributed by atoms with E-state index in [4.69, 9.17) is 15.2 Å². The number of rotatable bonds is 7. The lowest BCUT2D eigenvalue weighted by Crippen LogP contribution is -2.13. The number of hydrogen-bond acceptors (Lipinski definition) is 5. The fraction of sp³-hybridized carbons (Fsp3) is 0.273. The van der Waals surface area contributed by atoms with Crippen molar-refractivity contribution >= 4 is 16.6 Å². The molecule has 0 fully saturated rings. The number of nitrogens with zero attached hydrogens (tertiary/aromatic N) is 1. The molecule has 28 heavy (non-hydrogen) atoms. The molecule has 5 nitrogen and oxygen atoms in total. The van der Waals surface area contributed by atoms with Gasteiger partial charge in [-0.3, -0.25) is 4.79 Å². The molecule has 0 bridgehead atoms. The molecule has 6 heteroatoms. The summed E-state index contributed by atoms with van der Waals surface area (Å²) in [5, 5.41) is 1.35. The van der Waals surface area contributed by atoms with Gasteiger partial charge in [-0.05, 0) is 44.4 Å². The van der Waals surface area contributed by atoms with Crippen LogP contribution < -0.4 is 15.2 Å². The summed E-state index contributed by atoms with van der Waals surface area (Å²) in [4.78, 5) is 17.4. The number of benzene rings is 2. The molecule has 3 rings (SSSR count). The Bertz CT molecular complexity index is 1020. The molecule has 3 aromatic rings. The van der Waals surface area contributed by atoms with E-state index < -0.39 is 17.6 Å². The van der Waals surface area contributed by atoms with E-state index in [9.17, 15) is 4.79 Å². The van der Waals surface area contributed by atoms with Crippen LogP contribution in [0.3, 0.4) is 0 Å². The van der Waals surface area contributed by atoms with E-state index in [0.29, 0.717) is 34.4 Å². The first-order chi connectivity index (χ1) is 13.5. The summed E-state index contributed by atoms with van der Waals surface area (Å²) in [5.41, 5.74) is 6.75. The van der Waals surface area contributed by atoms with Crippen LogP contribution in [0.25, 0.3) is 10.8 Å². The van der Waals surface area contributed by atoms with Crippen molar-refractivity contribution in [2.24, 2.45) is 5.73 Å². The van der Waals surface area contributed by atoms with Crippen molar-refractivity contribution in [1.29, 1.82) is 0 Å². The fourth-order valence-electron chi connectivity index (χ4n) is 3.17. The van der Waals surface area contributed by atoms with Gasteiger partial charge < -0.3 is 15.2 Å². The molecule has 0 saturated carbocycles. The van der Waals surface area contributed by atoms with Gasteiger partial charge in [-0.1, -0.05) is 18.2 Å². The summed E-state index contributed by atoms with van der Waals surface area (Å²) >= 11 is 0. The van der Waals surface area contributed by atoms with Gasteiger partial charge in [0.15, 0.2) is 17.3 Å². The van der Waals surface area contributed by atoms with Gasteiger partial charge in [0.2, 0.25) is 5.88 Å².